The average Bonchev–Trinajstić information content (AvgIpc) is 2.77. The summed E-state index contributed by atoms with van der Waals surface area (Å²) in [7, 11) is 0. The average molecular weight is 419 g/mol. The summed E-state index contributed by atoms with van der Waals surface area (Å²) in [6.07, 6.45) is 8.46. The number of aromatic nitrogens is 5. The van der Waals surface area contributed by atoms with Gasteiger partial charge in [0.15, 0.2) is 0 Å². The Hall–Kier alpha value is -3.42. The van der Waals surface area contributed by atoms with Gasteiger partial charge in [0.25, 0.3) is 11.5 Å². The van der Waals surface area contributed by atoms with Crippen molar-refractivity contribution in [3.05, 3.63) is 81.3 Å². The minimum absolute atomic E-state index is 0.204. The van der Waals surface area contributed by atoms with Gasteiger partial charge in [0.2, 0.25) is 0 Å². The minimum atomic E-state index is -0.291. The van der Waals surface area contributed by atoms with Crippen LogP contribution in [0, 0.1) is 20.8 Å². The quantitative estimate of drug-likeness (QED) is 0.646. The molecular weight excluding hydrogens is 392 g/mol. The molecule has 0 aliphatic carbocycles. The highest BCUT2D eigenvalue weighted by molar-refractivity contribution is 5.95. The largest absolute Gasteiger partial charge is 0.338 e. The lowest BCUT2D eigenvalue weighted by Gasteiger charge is -2.32. The van der Waals surface area contributed by atoms with Gasteiger partial charge < -0.3 is 9.47 Å². The van der Waals surface area contributed by atoms with Crippen LogP contribution in [0.1, 0.15) is 57.6 Å². The predicted molar refractivity (Wildman–Crippen MR) is 116 cm³/mol. The molecule has 0 aromatic carbocycles. The zero-order valence-electron chi connectivity index (χ0n) is 18.1. The van der Waals surface area contributed by atoms with E-state index in [0.29, 0.717) is 30.3 Å². The molecule has 3 aromatic heterocycles. The number of piperidine rings is 1. The Kier molecular flexibility index (Phi) is 5.88. The number of hydrogen-bond acceptors (Lipinski definition) is 6. The van der Waals surface area contributed by atoms with Crippen molar-refractivity contribution in [1.29, 1.82) is 0 Å². The lowest BCUT2D eigenvalue weighted by molar-refractivity contribution is 0.0708. The molecule has 0 bridgehead atoms. The lowest BCUT2D eigenvalue weighted by Crippen LogP contribution is -2.41. The summed E-state index contributed by atoms with van der Waals surface area (Å²) >= 11 is 0. The first-order valence-electron chi connectivity index (χ1n) is 10.5. The zero-order chi connectivity index (χ0) is 22.0. The van der Waals surface area contributed by atoms with E-state index in [-0.39, 0.29) is 23.6 Å². The SMILES string of the molecule is Cc1cnc(Cn2ccc(C)c(C(=O)N3CCC(c4ccnc(C)n4)CC3)c2=O)cn1. The molecule has 1 saturated heterocycles. The highest BCUT2D eigenvalue weighted by atomic mass is 16.2. The molecule has 0 atom stereocenters. The number of pyridine rings is 1. The van der Waals surface area contributed by atoms with E-state index in [1.54, 1.807) is 36.6 Å². The number of nitrogens with zero attached hydrogens (tertiary/aromatic N) is 6. The van der Waals surface area contributed by atoms with E-state index in [1.807, 2.05) is 26.0 Å². The molecule has 0 saturated carbocycles. The molecule has 4 rings (SSSR count). The van der Waals surface area contributed by atoms with Gasteiger partial charge in [-0.3, -0.25) is 19.6 Å². The fourth-order valence-corrected chi connectivity index (χ4v) is 3.96. The van der Waals surface area contributed by atoms with Crippen LogP contribution in [0.2, 0.25) is 0 Å². The Balaban J connectivity index is 1.51. The second-order valence-corrected chi connectivity index (χ2v) is 8.05. The van der Waals surface area contributed by atoms with Crippen LogP contribution in [-0.2, 0) is 6.54 Å². The Bertz CT molecular complexity index is 1150. The molecule has 31 heavy (non-hydrogen) atoms. The van der Waals surface area contributed by atoms with Gasteiger partial charge in [-0.2, -0.15) is 0 Å². The van der Waals surface area contributed by atoms with Crippen molar-refractivity contribution < 1.29 is 4.79 Å². The summed E-state index contributed by atoms with van der Waals surface area (Å²) in [5.74, 6) is 0.860. The number of carbonyl (C=O) groups excluding carboxylic acids is 1. The van der Waals surface area contributed by atoms with E-state index in [4.69, 9.17) is 0 Å². The molecule has 4 heterocycles. The predicted octanol–water partition coefficient (Wildman–Crippen LogP) is 2.42. The standard InChI is InChI=1S/C23H26N6O2/c1-15-5-9-29(14-19-13-25-16(2)12-26-19)23(31)21(15)22(30)28-10-6-18(7-11-28)20-4-8-24-17(3)27-20/h4-5,8-9,12-13,18H,6-7,10-11,14H2,1-3H3. The van der Waals surface area contributed by atoms with E-state index in [0.717, 1.165) is 30.1 Å². The van der Waals surface area contributed by atoms with Crippen molar-refractivity contribution in [1.82, 2.24) is 29.4 Å². The molecule has 1 aliphatic rings. The molecule has 8 nitrogen and oxygen atoms in total. The van der Waals surface area contributed by atoms with Crippen LogP contribution in [0.5, 0.6) is 0 Å². The summed E-state index contributed by atoms with van der Waals surface area (Å²) in [6.45, 7) is 7.03. The molecule has 0 spiro atoms. The highest BCUT2D eigenvalue weighted by Gasteiger charge is 2.28. The van der Waals surface area contributed by atoms with E-state index in [1.165, 1.54) is 4.57 Å². The Labute approximate surface area is 181 Å². The van der Waals surface area contributed by atoms with Gasteiger partial charge in [0.1, 0.15) is 11.4 Å². The first kappa shape index (κ1) is 20.8. The monoisotopic (exact) mass is 418 g/mol. The maximum Gasteiger partial charge on any atom is 0.264 e. The fraction of sp³-hybridized carbons (Fsp3) is 0.391. The first-order valence-corrected chi connectivity index (χ1v) is 10.5. The third-order valence-corrected chi connectivity index (χ3v) is 5.75. The highest BCUT2D eigenvalue weighted by Crippen LogP contribution is 2.27. The van der Waals surface area contributed by atoms with Crippen molar-refractivity contribution >= 4 is 5.91 Å². The van der Waals surface area contributed by atoms with E-state index in [9.17, 15) is 9.59 Å². The van der Waals surface area contributed by atoms with E-state index < -0.39 is 0 Å². The molecular formula is C23H26N6O2. The van der Waals surface area contributed by atoms with Crippen LogP contribution >= 0.6 is 0 Å². The van der Waals surface area contributed by atoms with Gasteiger partial charge in [-0.15, -0.1) is 0 Å². The molecule has 0 N–H and O–H groups in total. The van der Waals surface area contributed by atoms with Gasteiger partial charge in [0.05, 0.1) is 24.1 Å². The number of likely N-dealkylation sites (tertiary alicyclic amines) is 1. The van der Waals surface area contributed by atoms with Gasteiger partial charge >= 0.3 is 0 Å². The normalized spacial score (nSPS) is 14.6. The molecule has 1 amide bonds. The number of hydrogen-bond donors (Lipinski definition) is 0. The molecule has 0 unspecified atom stereocenters. The molecule has 3 aromatic rings. The van der Waals surface area contributed by atoms with Crippen molar-refractivity contribution in [3.8, 4) is 0 Å². The van der Waals surface area contributed by atoms with Gasteiger partial charge in [-0.05, 0) is 51.3 Å². The molecule has 1 aliphatic heterocycles. The zero-order valence-corrected chi connectivity index (χ0v) is 18.1. The van der Waals surface area contributed by atoms with Gasteiger partial charge in [-0.1, -0.05) is 0 Å². The summed E-state index contributed by atoms with van der Waals surface area (Å²) in [5.41, 5.74) is 3.15. The number of carbonyl (C=O) groups is 1. The van der Waals surface area contributed by atoms with Gasteiger partial charge in [0, 0.05) is 43.3 Å². The summed E-state index contributed by atoms with van der Waals surface area (Å²) in [6, 6.07) is 3.76. The molecule has 0 radical (unpaired) electrons. The molecule has 8 heteroatoms. The molecule has 1 fully saturated rings. The third kappa shape index (κ3) is 4.52. The molecule has 160 valence electrons. The van der Waals surface area contributed by atoms with Crippen molar-refractivity contribution in [2.45, 2.75) is 46.1 Å². The maximum atomic E-state index is 13.2. The third-order valence-electron chi connectivity index (χ3n) is 5.75. The number of amides is 1. The summed E-state index contributed by atoms with van der Waals surface area (Å²) < 4.78 is 1.52. The Morgan fingerprint density at radius 2 is 1.84 bits per heavy atom. The Morgan fingerprint density at radius 3 is 2.52 bits per heavy atom. The number of rotatable bonds is 4. The Morgan fingerprint density at radius 1 is 1.06 bits per heavy atom. The van der Waals surface area contributed by atoms with Crippen molar-refractivity contribution in [2.75, 3.05) is 13.1 Å². The fourth-order valence-electron chi connectivity index (χ4n) is 3.96. The maximum absolute atomic E-state index is 13.2. The topological polar surface area (TPSA) is 93.9 Å². The summed E-state index contributed by atoms with van der Waals surface area (Å²) in [4.78, 5) is 45.4. The van der Waals surface area contributed by atoms with Crippen LogP contribution in [0.4, 0.5) is 0 Å². The van der Waals surface area contributed by atoms with Crippen LogP contribution in [0.25, 0.3) is 0 Å². The van der Waals surface area contributed by atoms with Crippen LogP contribution in [-0.4, -0.2) is 48.4 Å². The van der Waals surface area contributed by atoms with E-state index in [2.05, 4.69) is 19.9 Å². The second kappa shape index (κ2) is 8.75. The van der Waals surface area contributed by atoms with Crippen LogP contribution in [0.15, 0.2) is 41.7 Å². The first-order chi connectivity index (χ1) is 14.9. The summed E-state index contributed by atoms with van der Waals surface area (Å²) in [5, 5.41) is 0. The smallest absolute Gasteiger partial charge is 0.264 e. The van der Waals surface area contributed by atoms with Crippen molar-refractivity contribution in [3.63, 3.8) is 0 Å². The second-order valence-electron chi connectivity index (χ2n) is 8.05. The minimum Gasteiger partial charge on any atom is -0.338 e. The van der Waals surface area contributed by atoms with Gasteiger partial charge in [-0.25, -0.2) is 9.97 Å². The van der Waals surface area contributed by atoms with Crippen LogP contribution in [0.3, 0.4) is 0 Å². The lowest BCUT2D eigenvalue weighted by atomic mass is 9.92. The number of aryl methyl sites for hydroxylation is 3. The van der Waals surface area contributed by atoms with E-state index >= 15 is 0 Å². The van der Waals surface area contributed by atoms with Crippen molar-refractivity contribution in [2.24, 2.45) is 0 Å². The van der Waals surface area contributed by atoms with Crippen LogP contribution < -0.4 is 5.56 Å².